The number of hydrogen-bond acceptors (Lipinski definition) is 4. The molecule has 24 heavy (non-hydrogen) atoms. The number of hydrogen-bond donors (Lipinski definition) is 1. The van der Waals surface area contributed by atoms with E-state index >= 15 is 0 Å². The van der Waals surface area contributed by atoms with Crippen molar-refractivity contribution in [1.82, 2.24) is 14.7 Å². The van der Waals surface area contributed by atoms with E-state index in [4.69, 9.17) is 0 Å². The van der Waals surface area contributed by atoms with Crippen LogP contribution < -0.4 is 4.72 Å². The second-order valence-corrected chi connectivity index (χ2v) is 7.16. The minimum Gasteiger partial charge on any atom is -0.264 e. The molecule has 0 spiro atoms. The lowest BCUT2D eigenvalue weighted by Crippen LogP contribution is -2.24. The van der Waals surface area contributed by atoms with Crippen molar-refractivity contribution in [3.63, 3.8) is 0 Å². The Bertz CT molecular complexity index is 898. The van der Waals surface area contributed by atoms with Gasteiger partial charge in [0.15, 0.2) is 0 Å². The number of pyridine rings is 2. The first kappa shape index (κ1) is 16.3. The summed E-state index contributed by atoms with van der Waals surface area (Å²) in [5, 5.41) is 0. The van der Waals surface area contributed by atoms with Gasteiger partial charge in [0.2, 0.25) is 10.0 Å². The van der Waals surface area contributed by atoms with E-state index in [0.717, 1.165) is 22.4 Å². The Balaban J connectivity index is 1.68. The molecule has 1 N–H and O–H groups in total. The summed E-state index contributed by atoms with van der Waals surface area (Å²) in [5.41, 5.74) is 3.27. The van der Waals surface area contributed by atoms with Crippen LogP contribution in [0.2, 0.25) is 0 Å². The molecule has 0 aliphatic rings. The quantitative estimate of drug-likeness (QED) is 0.749. The van der Waals surface area contributed by atoms with Gasteiger partial charge in [0.1, 0.15) is 0 Å². The number of rotatable bonds is 6. The number of benzene rings is 1. The van der Waals surface area contributed by atoms with Crippen molar-refractivity contribution < 1.29 is 8.42 Å². The SMILES string of the molecule is O=S(=O)(Cc1ccccc1)NCc1ccnc(-c2cccnc2)c1. The van der Waals surface area contributed by atoms with E-state index in [9.17, 15) is 8.42 Å². The molecule has 0 bridgehead atoms. The number of nitrogens with one attached hydrogen (secondary N) is 1. The van der Waals surface area contributed by atoms with Gasteiger partial charge in [-0.1, -0.05) is 30.3 Å². The molecule has 0 aliphatic heterocycles. The summed E-state index contributed by atoms with van der Waals surface area (Å²) < 4.78 is 27.0. The molecule has 0 aliphatic carbocycles. The fourth-order valence-electron chi connectivity index (χ4n) is 2.29. The molecule has 0 saturated heterocycles. The van der Waals surface area contributed by atoms with Crippen LogP contribution in [0.25, 0.3) is 11.3 Å². The van der Waals surface area contributed by atoms with Crippen LogP contribution >= 0.6 is 0 Å². The van der Waals surface area contributed by atoms with Crippen LogP contribution in [0.15, 0.2) is 73.2 Å². The molecule has 6 heteroatoms. The first-order valence-electron chi connectivity index (χ1n) is 7.49. The predicted molar refractivity (Wildman–Crippen MR) is 93.4 cm³/mol. The van der Waals surface area contributed by atoms with E-state index in [-0.39, 0.29) is 12.3 Å². The maximum absolute atomic E-state index is 12.2. The highest BCUT2D eigenvalue weighted by atomic mass is 32.2. The van der Waals surface area contributed by atoms with Gasteiger partial charge in [0.25, 0.3) is 0 Å². The summed E-state index contributed by atoms with van der Waals surface area (Å²) in [5.74, 6) is -0.0333. The average molecular weight is 339 g/mol. The molecule has 0 amide bonds. The molecule has 2 heterocycles. The van der Waals surface area contributed by atoms with Crippen molar-refractivity contribution in [3.8, 4) is 11.3 Å². The van der Waals surface area contributed by atoms with Gasteiger partial charge in [-0.15, -0.1) is 0 Å². The highest BCUT2D eigenvalue weighted by molar-refractivity contribution is 7.88. The van der Waals surface area contributed by atoms with Crippen LogP contribution in [-0.2, 0) is 22.3 Å². The smallest absolute Gasteiger partial charge is 0.216 e. The van der Waals surface area contributed by atoms with Gasteiger partial charge in [-0.3, -0.25) is 9.97 Å². The van der Waals surface area contributed by atoms with Crippen molar-refractivity contribution >= 4 is 10.0 Å². The predicted octanol–water partition coefficient (Wildman–Crippen LogP) is 2.76. The average Bonchev–Trinajstić information content (AvgIpc) is 2.62. The van der Waals surface area contributed by atoms with Crippen molar-refractivity contribution in [3.05, 3.63) is 84.3 Å². The summed E-state index contributed by atoms with van der Waals surface area (Å²) in [4.78, 5) is 8.38. The Kier molecular flexibility index (Phi) is 4.98. The van der Waals surface area contributed by atoms with Crippen LogP contribution in [0.3, 0.4) is 0 Å². The van der Waals surface area contributed by atoms with E-state index in [1.165, 1.54) is 0 Å². The molecule has 2 aromatic heterocycles. The third kappa shape index (κ3) is 4.47. The van der Waals surface area contributed by atoms with E-state index in [0.29, 0.717) is 0 Å². The van der Waals surface area contributed by atoms with Gasteiger partial charge in [-0.2, -0.15) is 0 Å². The van der Waals surface area contributed by atoms with Gasteiger partial charge < -0.3 is 0 Å². The minimum absolute atomic E-state index is 0.0333. The molecular formula is C18H17N3O2S. The number of aromatic nitrogens is 2. The molecule has 3 aromatic rings. The number of nitrogens with zero attached hydrogens (tertiary/aromatic N) is 2. The lowest BCUT2D eigenvalue weighted by atomic mass is 10.1. The molecule has 0 saturated carbocycles. The van der Waals surface area contributed by atoms with Crippen molar-refractivity contribution in [2.75, 3.05) is 0 Å². The fourth-order valence-corrected chi connectivity index (χ4v) is 3.41. The van der Waals surface area contributed by atoms with E-state index in [1.54, 1.807) is 36.8 Å². The zero-order chi connectivity index (χ0) is 16.8. The van der Waals surface area contributed by atoms with Crippen molar-refractivity contribution in [2.45, 2.75) is 12.3 Å². The van der Waals surface area contributed by atoms with Crippen LogP contribution in [0.5, 0.6) is 0 Å². The zero-order valence-electron chi connectivity index (χ0n) is 13.0. The van der Waals surface area contributed by atoms with E-state index < -0.39 is 10.0 Å². The maximum Gasteiger partial charge on any atom is 0.216 e. The molecule has 0 fully saturated rings. The van der Waals surface area contributed by atoms with Crippen LogP contribution in [-0.4, -0.2) is 18.4 Å². The Morgan fingerprint density at radius 1 is 0.917 bits per heavy atom. The van der Waals surface area contributed by atoms with Gasteiger partial charge >= 0.3 is 0 Å². The Morgan fingerprint density at radius 3 is 2.50 bits per heavy atom. The van der Waals surface area contributed by atoms with Gasteiger partial charge in [0, 0.05) is 30.7 Å². The Labute approximate surface area is 141 Å². The lowest BCUT2D eigenvalue weighted by molar-refractivity contribution is 0.580. The second-order valence-electron chi connectivity index (χ2n) is 5.36. The summed E-state index contributed by atoms with van der Waals surface area (Å²) in [6.45, 7) is 0.227. The highest BCUT2D eigenvalue weighted by Gasteiger charge is 2.11. The van der Waals surface area contributed by atoms with Crippen LogP contribution in [0, 0.1) is 0 Å². The maximum atomic E-state index is 12.2. The Morgan fingerprint density at radius 2 is 1.75 bits per heavy atom. The normalized spacial score (nSPS) is 11.3. The highest BCUT2D eigenvalue weighted by Crippen LogP contribution is 2.16. The van der Waals surface area contributed by atoms with Crippen molar-refractivity contribution in [1.29, 1.82) is 0 Å². The molecular weight excluding hydrogens is 322 g/mol. The third-order valence-corrected chi connectivity index (χ3v) is 4.77. The third-order valence-electron chi connectivity index (χ3n) is 3.48. The molecule has 3 rings (SSSR count). The summed E-state index contributed by atoms with van der Waals surface area (Å²) >= 11 is 0. The van der Waals surface area contributed by atoms with E-state index in [2.05, 4.69) is 14.7 Å². The summed E-state index contributed by atoms with van der Waals surface area (Å²) in [7, 11) is -3.39. The van der Waals surface area contributed by atoms with Gasteiger partial charge in [-0.25, -0.2) is 13.1 Å². The minimum atomic E-state index is -3.39. The van der Waals surface area contributed by atoms with Gasteiger partial charge in [0.05, 0.1) is 11.4 Å². The largest absolute Gasteiger partial charge is 0.264 e. The van der Waals surface area contributed by atoms with Gasteiger partial charge in [-0.05, 0) is 35.4 Å². The molecule has 5 nitrogen and oxygen atoms in total. The lowest BCUT2D eigenvalue weighted by Gasteiger charge is -2.08. The molecule has 0 radical (unpaired) electrons. The first-order valence-corrected chi connectivity index (χ1v) is 9.14. The zero-order valence-corrected chi connectivity index (χ0v) is 13.8. The number of sulfonamides is 1. The van der Waals surface area contributed by atoms with Crippen LogP contribution in [0.1, 0.15) is 11.1 Å². The van der Waals surface area contributed by atoms with Crippen LogP contribution in [0.4, 0.5) is 0 Å². The molecule has 0 unspecified atom stereocenters. The monoisotopic (exact) mass is 339 g/mol. The fraction of sp³-hybridized carbons (Fsp3) is 0.111. The van der Waals surface area contributed by atoms with E-state index in [1.807, 2.05) is 36.4 Å². The molecule has 1 aromatic carbocycles. The summed E-state index contributed by atoms with van der Waals surface area (Å²) in [6, 6.07) is 16.5. The summed E-state index contributed by atoms with van der Waals surface area (Å²) in [6.07, 6.45) is 5.10. The Hall–Kier alpha value is -2.57. The van der Waals surface area contributed by atoms with Crippen molar-refractivity contribution in [2.24, 2.45) is 0 Å². The standard InChI is InChI=1S/C18H17N3O2S/c22-24(23,14-15-5-2-1-3-6-15)21-12-16-8-10-20-18(11-16)17-7-4-9-19-13-17/h1-11,13,21H,12,14H2. The second kappa shape index (κ2) is 7.33. The molecule has 0 atom stereocenters. The topological polar surface area (TPSA) is 72.0 Å². The first-order chi connectivity index (χ1) is 11.6. The molecule has 122 valence electrons.